The minimum absolute atomic E-state index is 0.137. The highest BCUT2D eigenvalue weighted by molar-refractivity contribution is 7.15. The van der Waals surface area contributed by atoms with Crippen LogP contribution in [0.3, 0.4) is 0 Å². The summed E-state index contributed by atoms with van der Waals surface area (Å²) in [6, 6.07) is 16.4. The number of anilines is 1. The minimum atomic E-state index is -0.137. The molecule has 0 atom stereocenters. The van der Waals surface area contributed by atoms with E-state index < -0.39 is 0 Å². The Bertz CT molecular complexity index is 925. The summed E-state index contributed by atoms with van der Waals surface area (Å²) in [5.41, 5.74) is 4.42. The third kappa shape index (κ3) is 4.65. The monoisotopic (exact) mass is 390 g/mol. The number of aromatic nitrogens is 2. The lowest BCUT2D eigenvalue weighted by molar-refractivity contribution is 0.102. The van der Waals surface area contributed by atoms with Crippen LogP contribution in [-0.2, 0) is 6.42 Å². The van der Waals surface area contributed by atoms with Gasteiger partial charge in [-0.3, -0.25) is 10.1 Å². The maximum absolute atomic E-state index is 12.5. The highest BCUT2D eigenvalue weighted by atomic mass is 32.1. The molecule has 0 unspecified atom stereocenters. The molecule has 1 aliphatic rings. The van der Waals surface area contributed by atoms with E-state index >= 15 is 0 Å². The first-order valence-electron chi connectivity index (χ1n) is 9.78. The summed E-state index contributed by atoms with van der Waals surface area (Å²) in [6.07, 6.45) is 7.89. The smallest absolute Gasteiger partial charge is 0.257 e. The zero-order valence-corrected chi connectivity index (χ0v) is 16.8. The van der Waals surface area contributed by atoms with E-state index in [1.54, 1.807) is 0 Å². The summed E-state index contributed by atoms with van der Waals surface area (Å²) in [5, 5.41) is 12.6. The van der Waals surface area contributed by atoms with Crippen LogP contribution >= 0.6 is 11.3 Å². The molecule has 1 saturated carbocycles. The van der Waals surface area contributed by atoms with E-state index in [0.29, 0.717) is 16.6 Å². The molecule has 1 N–H and O–H groups in total. The SMILES string of the molecule is Cc1ccc(Cc2nnc(NC(=O)c3ccc(C4CC[CH]CC4)cc3)s2)cc1. The second-order valence-corrected chi connectivity index (χ2v) is 8.44. The van der Waals surface area contributed by atoms with Crippen LogP contribution in [0.4, 0.5) is 5.13 Å². The summed E-state index contributed by atoms with van der Waals surface area (Å²) >= 11 is 1.42. The van der Waals surface area contributed by atoms with Crippen molar-refractivity contribution in [2.75, 3.05) is 5.32 Å². The van der Waals surface area contributed by atoms with E-state index in [-0.39, 0.29) is 5.91 Å². The van der Waals surface area contributed by atoms with Gasteiger partial charge in [0.1, 0.15) is 5.01 Å². The van der Waals surface area contributed by atoms with Gasteiger partial charge in [0.2, 0.25) is 5.13 Å². The molecular weight excluding hydrogens is 366 g/mol. The van der Waals surface area contributed by atoms with Gasteiger partial charge in [-0.15, -0.1) is 10.2 Å². The largest absolute Gasteiger partial charge is 0.296 e. The van der Waals surface area contributed by atoms with Crippen molar-refractivity contribution < 1.29 is 4.79 Å². The van der Waals surface area contributed by atoms with Crippen molar-refractivity contribution in [1.29, 1.82) is 0 Å². The Morgan fingerprint density at radius 3 is 2.46 bits per heavy atom. The third-order valence-electron chi connectivity index (χ3n) is 5.25. The number of carbonyl (C=O) groups is 1. The lowest BCUT2D eigenvalue weighted by Gasteiger charge is -2.21. The van der Waals surface area contributed by atoms with Gasteiger partial charge in [0, 0.05) is 12.0 Å². The van der Waals surface area contributed by atoms with Gasteiger partial charge in [-0.25, -0.2) is 0 Å². The molecule has 1 fully saturated rings. The van der Waals surface area contributed by atoms with Gasteiger partial charge in [0.15, 0.2) is 0 Å². The molecule has 0 saturated heterocycles. The molecule has 4 nitrogen and oxygen atoms in total. The summed E-state index contributed by atoms with van der Waals surface area (Å²) < 4.78 is 0. The second-order valence-electron chi connectivity index (χ2n) is 7.38. The molecule has 1 aliphatic carbocycles. The van der Waals surface area contributed by atoms with Gasteiger partial charge in [-0.2, -0.15) is 0 Å². The predicted octanol–water partition coefficient (Wildman–Crippen LogP) is 5.55. The Balaban J connectivity index is 1.37. The molecule has 0 aliphatic heterocycles. The molecule has 0 bridgehead atoms. The Kier molecular flexibility index (Phi) is 5.81. The Labute approximate surface area is 170 Å². The van der Waals surface area contributed by atoms with Crippen molar-refractivity contribution in [3.8, 4) is 0 Å². The lowest BCUT2D eigenvalue weighted by Crippen LogP contribution is -2.12. The number of nitrogens with zero attached hydrogens (tertiary/aromatic N) is 2. The Morgan fingerprint density at radius 2 is 1.75 bits per heavy atom. The number of hydrogen-bond acceptors (Lipinski definition) is 4. The van der Waals surface area contributed by atoms with Crippen molar-refractivity contribution in [3.05, 3.63) is 82.2 Å². The lowest BCUT2D eigenvalue weighted by atomic mass is 9.84. The van der Waals surface area contributed by atoms with Crippen LogP contribution in [0.15, 0.2) is 48.5 Å². The average Bonchev–Trinajstić information content (AvgIpc) is 3.17. The van der Waals surface area contributed by atoms with E-state index in [2.05, 4.69) is 65.3 Å². The number of amides is 1. The molecular formula is C23H24N3OS. The molecule has 1 aromatic heterocycles. The average molecular weight is 391 g/mol. The van der Waals surface area contributed by atoms with Crippen LogP contribution in [0.2, 0.25) is 0 Å². The molecule has 143 valence electrons. The van der Waals surface area contributed by atoms with Crippen LogP contribution in [0.5, 0.6) is 0 Å². The van der Waals surface area contributed by atoms with Gasteiger partial charge < -0.3 is 0 Å². The summed E-state index contributed by atoms with van der Waals surface area (Å²) in [4.78, 5) is 12.5. The third-order valence-corrected chi connectivity index (χ3v) is 6.08. The van der Waals surface area contributed by atoms with Crippen LogP contribution in [-0.4, -0.2) is 16.1 Å². The molecule has 28 heavy (non-hydrogen) atoms. The predicted molar refractivity (Wildman–Crippen MR) is 114 cm³/mol. The number of rotatable bonds is 5. The maximum Gasteiger partial charge on any atom is 0.257 e. The molecule has 2 aromatic carbocycles. The molecule has 1 heterocycles. The Hall–Kier alpha value is -2.53. The van der Waals surface area contributed by atoms with E-state index in [1.807, 2.05) is 12.1 Å². The maximum atomic E-state index is 12.5. The van der Waals surface area contributed by atoms with Crippen LogP contribution in [0, 0.1) is 13.3 Å². The van der Waals surface area contributed by atoms with Crippen molar-refractivity contribution >= 4 is 22.4 Å². The van der Waals surface area contributed by atoms with Gasteiger partial charge in [0.25, 0.3) is 5.91 Å². The van der Waals surface area contributed by atoms with Gasteiger partial charge in [-0.1, -0.05) is 53.3 Å². The van der Waals surface area contributed by atoms with Crippen LogP contribution < -0.4 is 5.32 Å². The highest BCUT2D eigenvalue weighted by Crippen LogP contribution is 2.32. The quantitative estimate of drug-likeness (QED) is 0.621. The summed E-state index contributed by atoms with van der Waals surface area (Å²) in [6.45, 7) is 2.07. The number of benzene rings is 2. The van der Waals surface area contributed by atoms with Crippen molar-refractivity contribution in [3.63, 3.8) is 0 Å². The van der Waals surface area contributed by atoms with Gasteiger partial charge in [0.05, 0.1) is 0 Å². The van der Waals surface area contributed by atoms with Crippen LogP contribution in [0.1, 0.15) is 63.7 Å². The van der Waals surface area contributed by atoms with Gasteiger partial charge in [-0.05, 0) is 68.2 Å². The first-order valence-corrected chi connectivity index (χ1v) is 10.6. The zero-order valence-electron chi connectivity index (χ0n) is 16.0. The molecule has 1 amide bonds. The number of carbonyl (C=O) groups excluding carboxylic acids is 1. The first kappa shape index (κ1) is 18.8. The fraction of sp³-hybridized carbons (Fsp3) is 0.304. The number of hydrogen-bond donors (Lipinski definition) is 1. The second kappa shape index (κ2) is 8.65. The summed E-state index contributed by atoms with van der Waals surface area (Å²) in [7, 11) is 0. The van der Waals surface area contributed by atoms with E-state index in [4.69, 9.17) is 0 Å². The van der Waals surface area contributed by atoms with Gasteiger partial charge >= 0.3 is 0 Å². The van der Waals surface area contributed by atoms with E-state index in [0.717, 1.165) is 11.4 Å². The van der Waals surface area contributed by atoms with Crippen molar-refractivity contribution in [1.82, 2.24) is 10.2 Å². The molecule has 0 spiro atoms. The van der Waals surface area contributed by atoms with E-state index in [1.165, 1.54) is 53.7 Å². The number of nitrogens with one attached hydrogen (secondary N) is 1. The summed E-state index contributed by atoms with van der Waals surface area (Å²) in [5.74, 6) is 0.483. The molecule has 4 rings (SSSR count). The van der Waals surface area contributed by atoms with Crippen LogP contribution in [0.25, 0.3) is 0 Å². The van der Waals surface area contributed by atoms with Crippen molar-refractivity contribution in [2.24, 2.45) is 0 Å². The highest BCUT2D eigenvalue weighted by Gasteiger charge is 2.16. The normalized spacial score (nSPS) is 14.8. The fourth-order valence-corrected chi connectivity index (χ4v) is 4.36. The minimum Gasteiger partial charge on any atom is -0.296 e. The zero-order chi connectivity index (χ0) is 19.3. The molecule has 3 aromatic rings. The molecule has 5 heteroatoms. The van der Waals surface area contributed by atoms with E-state index in [9.17, 15) is 4.79 Å². The van der Waals surface area contributed by atoms with Crippen molar-refractivity contribution in [2.45, 2.75) is 44.9 Å². The topological polar surface area (TPSA) is 54.9 Å². The number of aryl methyl sites for hydroxylation is 1. The standard InChI is InChI=1S/C23H24N3OS/c1-16-7-9-17(10-8-16)15-21-25-26-23(28-21)24-22(27)20-13-11-19(12-14-20)18-5-3-2-4-6-18/h2,7-14,18H,3-6,15H2,1H3,(H,24,26,27). The fourth-order valence-electron chi connectivity index (χ4n) is 3.59. The Morgan fingerprint density at radius 1 is 1.04 bits per heavy atom. The first-order chi connectivity index (χ1) is 13.7. The molecule has 1 radical (unpaired) electrons.